The van der Waals surface area contributed by atoms with E-state index < -0.39 is 22.8 Å². The summed E-state index contributed by atoms with van der Waals surface area (Å²) < 4.78 is 16.5. The number of fused-ring (bicyclic) bond motifs is 1. The van der Waals surface area contributed by atoms with Gasteiger partial charge in [0.05, 0.1) is 6.54 Å². The van der Waals surface area contributed by atoms with E-state index in [4.69, 9.17) is 5.11 Å². The van der Waals surface area contributed by atoms with Crippen LogP contribution in [0.4, 0.5) is 4.39 Å². The summed E-state index contributed by atoms with van der Waals surface area (Å²) in [4.78, 5) is 39.8. The molecule has 25 heavy (non-hydrogen) atoms. The van der Waals surface area contributed by atoms with E-state index in [1.165, 1.54) is 40.4 Å². The summed E-state index contributed by atoms with van der Waals surface area (Å²) in [6.45, 7) is -0.0520. The zero-order valence-electron chi connectivity index (χ0n) is 13.5. The van der Waals surface area contributed by atoms with Crippen LogP contribution in [0.2, 0.25) is 0 Å². The molecule has 0 unspecified atom stereocenters. The minimum atomic E-state index is -0.605. The van der Waals surface area contributed by atoms with Gasteiger partial charge in [-0.3, -0.25) is 23.5 Å². The highest BCUT2D eigenvalue weighted by molar-refractivity contribution is 5.70. The minimum Gasteiger partial charge on any atom is -0.396 e. The maximum absolute atomic E-state index is 13.0. The van der Waals surface area contributed by atoms with Gasteiger partial charge in [0.2, 0.25) is 0 Å². The number of nitrogens with zero attached hydrogens (tertiary/aromatic N) is 3. The first kappa shape index (κ1) is 16.9. The number of aromatic nitrogens is 4. The molecule has 0 aliphatic heterocycles. The molecular formula is C16H17FN4O4. The summed E-state index contributed by atoms with van der Waals surface area (Å²) in [6.07, 6.45) is 0.243. The van der Waals surface area contributed by atoms with Crippen LogP contribution in [0.3, 0.4) is 0 Å². The van der Waals surface area contributed by atoms with Crippen molar-refractivity contribution in [2.75, 3.05) is 6.61 Å². The van der Waals surface area contributed by atoms with Gasteiger partial charge in [-0.1, -0.05) is 12.1 Å². The van der Waals surface area contributed by atoms with Crippen LogP contribution in [0.25, 0.3) is 11.2 Å². The third kappa shape index (κ3) is 2.93. The van der Waals surface area contributed by atoms with Gasteiger partial charge in [-0.25, -0.2) is 14.0 Å². The molecule has 0 saturated heterocycles. The summed E-state index contributed by atoms with van der Waals surface area (Å²) >= 11 is 0. The highest BCUT2D eigenvalue weighted by Gasteiger charge is 2.18. The molecule has 0 saturated carbocycles. The third-order valence-corrected chi connectivity index (χ3v) is 4.06. The van der Waals surface area contributed by atoms with Gasteiger partial charge in [-0.05, 0) is 24.1 Å². The molecule has 0 fully saturated rings. The van der Waals surface area contributed by atoms with Crippen molar-refractivity contribution in [3.8, 4) is 0 Å². The SMILES string of the molecule is Cn1c(=O)n(CCCO)c(=O)c2c1[nH]c(=O)n2Cc1ccc(F)cc1. The maximum Gasteiger partial charge on any atom is 0.332 e. The molecule has 3 aromatic rings. The van der Waals surface area contributed by atoms with Crippen molar-refractivity contribution in [2.24, 2.45) is 7.05 Å². The van der Waals surface area contributed by atoms with Crippen molar-refractivity contribution in [3.05, 3.63) is 67.0 Å². The first-order valence-electron chi connectivity index (χ1n) is 7.71. The Bertz CT molecular complexity index is 1090. The van der Waals surface area contributed by atoms with Crippen LogP contribution < -0.4 is 16.9 Å². The second-order valence-electron chi connectivity index (χ2n) is 5.72. The zero-order chi connectivity index (χ0) is 18.1. The van der Waals surface area contributed by atoms with Crippen LogP contribution in [-0.2, 0) is 20.1 Å². The van der Waals surface area contributed by atoms with Gasteiger partial charge in [0, 0.05) is 20.2 Å². The van der Waals surface area contributed by atoms with Crippen LogP contribution in [0.1, 0.15) is 12.0 Å². The largest absolute Gasteiger partial charge is 0.396 e. The molecule has 8 nitrogen and oxygen atoms in total. The van der Waals surface area contributed by atoms with Crippen molar-refractivity contribution in [3.63, 3.8) is 0 Å². The van der Waals surface area contributed by atoms with E-state index in [1.54, 1.807) is 0 Å². The molecule has 2 heterocycles. The average molecular weight is 348 g/mol. The van der Waals surface area contributed by atoms with Crippen molar-refractivity contribution in [2.45, 2.75) is 19.5 Å². The zero-order valence-corrected chi connectivity index (χ0v) is 13.5. The lowest BCUT2D eigenvalue weighted by molar-refractivity contribution is 0.277. The normalized spacial score (nSPS) is 11.3. The summed E-state index contributed by atoms with van der Waals surface area (Å²) in [7, 11) is 1.46. The van der Waals surface area contributed by atoms with Gasteiger partial charge in [0.1, 0.15) is 11.5 Å². The van der Waals surface area contributed by atoms with E-state index in [9.17, 15) is 18.8 Å². The van der Waals surface area contributed by atoms with E-state index in [2.05, 4.69) is 4.98 Å². The summed E-state index contributed by atoms with van der Waals surface area (Å²) in [5.41, 5.74) is -0.879. The second kappa shape index (κ2) is 6.52. The molecule has 0 atom stereocenters. The summed E-state index contributed by atoms with van der Waals surface area (Å²) in [5, 5.41) is 8.95. The van der Waals surface area contributed by atoms with Crippen LogP contribution >= 0.6 is 0 Å². The van der Waals surface area contributed by atoms with Gasteiger partial charge in [-0.2, -0.15) is 0 Å². The van der Waals surface area contributed by atoms with E-state index in [1.807, 2.05) is 0 Å². The smallest absolute Gasteiger partial charge is 0.332 e. The molecule has 1 aromatic carbocycles. The Balaban J connectivity index is 2.22. The molecule has 132 valence electrons. The number of aryl methyl sites for hydroxylation is 1. The number of nitrogens with one attached hydrogen (secondary N) is 1. The van der Waals surface area contributed by atoms with Gasteiger partial charge < -0.3 is 5.11 Å². The molecule has 3 rings (SSSR count). The molecule has 0 bridgehead atoms. The van der Waals surface area contributed by atoms with Crippen LogP contribution in [0.5, 0.6) is 0 Å². The maximum atomic E-state index is 13.0. The van der Waals surface area contributed by atoms with E-state index >= 15 is 0 Å². The van der Waals surface area contributed by atoms with Crippen LogP contribution in [0.15, 0.2) is 38.6 Å². The van der Waals surface area contributed by atoms with Gasteiger partial charge >= 0.3 is 11.4 Å². The molecule has 0 aliphatic rings. The molecule has 0 radical (unpaired) electrons. The number of aliphatic hydroxyl groups excluding tert-OH is 1. The number of aromatic amines is 1. The fourth-order valence-corrected chi connectivity index (χ4v) is 2.76. The topological polar surface area (TPSA) is 102 Å². The number of hydrogen-bond acceptors (Lipinski definition) is 4. The number of aliphatic hydroxyl groups is 1. The average Bonchev–Trinajstić information content (AvgIpc) is 2.92. The van der Waals surface area contributed by atoms with Gasteiger partial charge in [-0.15, -0.1) is 0 Å². The molecule has 0 aliphatic carbocycles. The predicted octanol–water partition coefficient (Wildman–Crippen LogP) is -0.240. The standard InChI is InChI=1S/C16H17FN4O4/c1-19-13-12(14(23)20(16(19)25)7-2-8-22)21(15(24)18-13)9-10-3-5-11(17)6-4-10/h3-6,22H,2,7-9H2,1H3,(H,18,24). The third-order valence-electron chi connectivity index (χ3n) is 4.06. The Kier molecular flexibility index (Phi) is 4.41. The number of imidazole rings is 1. The molecule has 0 spiro atoms. The van der Waals surface area contributed by atoms with Crippen LogP contribution in [0, 0.1) is 5.82 Å². The van der Waals surface area contributed by atoms with E-state index in [0.29, 0.717) is 5.56 Å². The quantitative estimate of drug-likeness (QED) is 0.664. The molecular weight excluding hydrogens is 331 g/mol. The molecule has 9 heteroatoms. The van der Waals surface area contributed by atoms with Crippen molar-refractivity contribution >= 4 is 11.2 Å². The Morgan fingerprint density at radius 2 is 1.80 bits per heavy atom. The lowest BCUT2D eigenvalue weighted by Gasteiger charge is -2.09. The van der Waals surface area contributed by atoms with Crippen molar-refractivity contribution in [1.29, 1.82) is 0 Å². The Labute approximate surface area is 140 Å². The van der Waals surface area contributed by atoms with Gasteiger partial charge in [0.25, 0.3) is 5.56 Å². The highest BCUT2D eigenvalue weighted by atomic mass is 19.1. The van der Waals surface area contributed by atoms with Crippen LogP contribution in [-0.4, -0.2) is 30.4 Å². The lowest BCUT2D eigenvalue weighted by atomic mass is 10.2. The Morgan fingerprint density at radius 1 is 1.12 bits per heavy atom. The minimum absolute atomic E-state index is 0.0495. The molecule has 2 N–H and O–H groups in total. The number of hydrogen-bond donors (Lipinski definition) is 2. The van der Waals surface area contributed by atoms with Gasteiger partial charge in [0.15, 0.2) is 5.52 Å². The monoisotopic (exact) mass is 348 g/mol. The second-order valence-corrected chi connectivity index (χ2v) is 5.72. The first-order valence-corrected chi connectivity index (χ1v) is 7.71. The lowest BCUT2D eigenvalue weighted by Crippen LogP contribution is -2.40. The number of halogens is 1. The molecule has 2 aromatic heterocycles. The predicted molar refractivity (Wildman–Crippen MR) is 89.3 cm³/mol. The highest BCUT2D eigenvalue weighted by Crippen LogP contribution is 2.08. The number of H-pyrrole nitrogens is 1. The Morgan fingerprint density at radius 3 is 2.44 bits per heavy atom. The van der Waals surface area contributed by atoms with Crippen molar-refractivity contribution in [1.82, 2.24) is 18.7 Å². The first-order chi connectivity index (χ1) is 11.9. The summed E-state index contributed by atoms with van der Waals surface area (Å²) in [6, 6.07) is 5.58. The van der Waals surface area contributed by atoms with E-state index in [-0.39, 0.29) is 37.3 Å². The fourth-order valence-electron chi connectivity index (χ4n) is 2.76. The fraction of sp³-hybridized carbons (Fsp3) is 0.312. The Hall–Kier alpha value is -2.94. The number of benzene rings is 1. The number of rotatable bonds is 5. The molecule has 0 amide bonds. The van der Waals surface area contributed by atoms with E-state index in [0.717, 1.165) is 4.57 Å². The summed E-state index contributed by atoms with van der Waals surface area (Å²) in [5.74, 6) is -0.399. The van der Waals surface area contributed by atoms with Crippen molar-refractivity contribution < 1.29 is 9.50 Å².